The van der Waals surface area contributed by atoms with Gasteiger partial charge in [0.2, 0.25) is 29.5 Å². The lowest BCUT2D eigenvalue weighted by Gasteiger charge is -2.30. The monoisotopic (exact) mass is 600 g/mol. The van der Waals surface area contributed by atoms with Gasteiger partial charge in [-0.05, 0) is 39.0 Å². The van der Waals surface area contributed by atoms with E-state index >= 15 is 0 Å². The summed E-state index contributed by atoms with van der Waals surface area (Å²) in [5.74, 6) is -5.16. The van der Waals surface area contributed by atoms with Crippen molar-refractivity contribution >= 4 is 47.8 Å². The zero-order chi connectivity index (χ0) is 32.0. The minimum atomic E-state index is -1.53. The summed E-state index contributed by atoms with van der Waals surface area (Å²) in [6, 6.07) is -6.28. The average molecular weight is 601 g/mol. The Bertz CT molecular complexity index is 1030. The average Bonchev–Trinajstić information content (AvgIpc) is 3.40. The molecule has 0 aromatic carbocycles. The van der Waals surface area contributed by atoms with Crippen LogP contribution in [0.3, 0.4) is 0 Å². The topological polar surface area (TPSA) is 317 Å². The van der Waals surface area contributed by atoms with Gasteiger partial charge in [-0.15, -0.1) is 0 Å². The molecule has 0 aromatic heterocycles. The lowest BCUT2D eigenvalue weighted by atomic mass is 10.1. The van der Waals surface area contributed by atoms with E-state index in [4.69, 9.17) is 28.0 Å². The smallest absolute Gasteiger partial charge is 0.338 e. The Morgan fingerprint density at radius 1 is 1.05 bits per heavy atom. The first-order valence-corrected chi connectivity index (χ1v) is 13.4. The second-order valence-electron chi connectivity index (χ2n) is 9.96. The van der Waals surface area contributed by atoms with Crippen LogP contribution in [0.5, 0.6) is 0 Å². The van der Waals surface area contributed by atoms with Crippen LogP contribution in [0.4, 0.5) is 0 Å². The largest absolute Gasteiger partial charge is 0.481 e. The highest BCUT2D eigenvalue weighted by Crippen LogP contribution is 2.20. The van der Waals surface area contributed by atoms with Crippen LogP contribution in [0, 0.1) is 0 Å². The summed E-state index contributed by atoms with van der Waals surface area (Å²) in [6.07, 6.45) is -1.09. The number of hydrogen-bond donors (Lipinski definition) is 10. The molecule has 18 nitrogen and oxygen atoms in total. The third kappa shape index (κ3) is 12.0. The van der Waals surface area contributed by atoms with E-state index in [1.54, 1.807) is 0 Å². The molecular weight excluding hydrogens is 558 g/mol. The normalized spacial score (nSPS) is 18.0. The van der Waals surface area contributed by atoms with Crippen molar-refractivity contribution < 1.29 is 48.8 Å². The molecule has 0 spiro atoms. The van der Waals surface area contributed by atoms with E-state index in [-0.39, 0.29) is 57.4 Å². The number of guanidine groups is 1. The van der Waals surface area contributed by atoms with Crippen LogP contribution in [0.25, 0.3) is 0 Å². The molecule has 1 fully saturated rings. The van der Waals surface area contributed by atoms with Crippen molar-refractivity contribution in [3.05, 3.63) is 0 Å². The van der Waals surface area contributed by atoms with E-state index in [2.05, 4.69) is 20.9 Å². The summed E-state index contributed by atoms with van der Waals surface area (Å²) >= 11 is 0. The molecule has 1 aliphatic rings. The summed E-state index contributed by atoms with van der Waals surface area (Å²) < 4.78 is 0. The predicted molar refractivity (Wildman–Crippen MR) is 145 cm³/mol. The van der Waals surface area contributed by atoms with Crippen molar-refractivity contribution in [3.63, 3.8) is 0 Å². The number of aliphatic hydroxyl groups excluding tert-OH is 1. The Hall–Kier alpha value is -4.32. The minimum absolute atomic E-state index is 0.0320. The van der Waals surface area contributed by atoms with Crippen molar-refractivity contribution in [1.29, 1.82) is 0 Å². The number of carbonyl (C=O) groups excluding carboxylic acids is 6. The van der Waals surface area contributed by atoms with Gasteiger partial charge in [0.1, 0.15) is 24.4 Å². The van der Waals surface area contributed by atoms with Crippen LogP contribution in [-0.4, -0.2) is 112 Å². The first-order valence-electron chi connectivity index (χ1n) is 13.4. The zero-order valence-corrected chi connectivity index (χ0v) is 23.4. The number of nitrogens with two attached hydrogens (primary N) is 4. The summed E-state index contributed by atoms with van der Waals surface area (Å²) in [7, 11) is 0. The lowest BCUT2D eigenvalue weighted by Crippen LogP contribution is -2.78. The Morgan fingerprint density at radius 3 is 2.26 bits per heavy atom. The zero-order valence-electron chi connectivity index (χ0n) is 23.4. The van der Waals surface area contributed by atoms with Gasteiger partial charge in [0.15, 0.2) is 0 Å². The fourth-order valence-electron chi connectivity index (χ4n) is 4.26. The molecule has 0 unspecified atom stereocenters. The summed E-state index contributed by atoms with van der Waals surface area (Å²) in [6.45, 7) is 1.61. The Balaban J connectivity index is 3.11. The molecule has 14 N–H and O–H groups in total. The second kappa shape index (κ2) is 17.5. The Morgan fingerprint density at radius 2 is 1.71 bits per heavy atom. The molecule has 1 rings (SSSR count). The quantitative estimate of drug-likeness (QED) is 0.0304. The van der Waals surface area contributed by atoms with Crippen molar-refractivity contribution in [3.8, 4) is 0 Å². The molecule has 6 atom stereocenters. The predicted octanol–water partition coefficient (Wildman–Crippen LogP) is -6.79. The fourth-order valence-corrected chi connectivity index (χ4v) is 4.26. The van der Waals surface area contributed by atoms with E-state index in [1.165, 1.54) is 11.8 Å². The molecule has 0 saturated carbocycles. The highest BCUT2D eigenvalue weighted by molar-refractivity contribution is 5.96. The highest BCUT2D eigenvalue weighted by atomic mass is 16.4. The van der Waals surface area contributed by atoms with E-state index in [0.717, 1.165) is 0 Å². The standard InChI is InChI=1S/C24H41N9O9/c1-12(35)19(32-20(39)14(25)6-7-17(26)36)22(41)31-15(4-2-8-29-24(27)28)23(42)33-9-3-5-16(33)21(40)30-13(11-34)10-18(37)38/h11-16,19,35H,2-10,25H2,1H3,(H2,26,36)(H,30,40)(H,31,41)(H,32,39)(H,37,38)(H4,27,28,29)/p+1/t12-,13+,14-,15+,16+,19+/m1/s1. The molecule has 0 radical (unpaired) electrons. The first kappa shape index (κ1) is 35.7. The number of nitrogens with one attached hydrogen (secondary N) is 4. The molecular formula is C24H42N9O9+. The number of hydrogen-bond acceptors (Lipinski definition) is 9. The number of amides is 5. The number of likely N-dealkylation sites (tertiary alicyclic amines) is 1. The van der Waals surface area contributed by atoms with Gasteiger partial charge in [-0.25, -0.2) is 0 Å². The number of aliphatic hydroxyl groups is 1. The van der Waals surface area contributed by atoms with Crippen LogP contribution in [0.15, 0.2) is 0 Å². The van der Waals surface area contributed by atoms with Crippen LogP contribution in [-0.2, 0) is 33.6 Å². The Kier molecular flexibility index (Phi) is 14.9. The lowest BCUT2D eigenvalue weighted by molar-refractivity contribution is -0.459. The maximum absolute atomic E-state index is 13.6. The fraction of sp³-hybridized carbons (Fsp3) is 0.667. The molecule has 42 heavy (non-hydrogen) atoms. The Labute approximate surface area is 242 Å². The van der Waals surface area contributed by atoms with Crippen molar-refractivity contribution in [2.75, 3.05) is 13.1 Å². The van der Waals surface area contributed by atoms with Crippen molar-refractivity contribution in [1.82, 2.24) is 20.9 Å². The SMILES string of the molecule is C[C@@H](O)[C@H](NC(=O)[C@H](N)CCC(N)=O)C(=O)N[C@@H](CCC[NH+]=C(N)N)C(=O)N1CCC[C@H]1C(=O)N[C@H](C=O)CC(=O)O. The van der Waals surface area contributed by atoms with Gasteiger partial charge in [-0.1, -0.05) is 0 Å². The van der Waals surface area contributed by atoms with Gasteiger partial charge in [0, 0.05) is 13.0 Å². The number of carboxylic acids is 1. The van der Waals surface area contributed by atoms with Gasteiger partial charge in [-0.3, -0.25) is 45.2 Å². The van der Waals surface area contributed by atoms with E-state index in [1.807, 2.05) is 0 Å². The van der Waals surface area contributed by atoms with Crippen molar-refractivity contribution in [2.24, 2.45) is 22.9 Å². The number of nitrogens with zero attached hydrogens (tertiary/aromatic N) is 1. The number of carboxylic acid groups (broad SMARTS) is 1. The molecule has 18 heteroatoms. The number of carbonyl (C=O) groups is 7. The van der Waals surface area contributed by atoms with Crippen molar-refractivity contribution in [2.45, 2.75) is 88.2 Å². The summed E-state index contributed by atoms with van der Waals surface area (Å²) in [4.78, 5) is 89.2. The van der Waals surface area contributed by atoms with Crippen LogP contribution >= 0.6 is 0 Å². The van der Waals surface area contributed by atoms with Gasteiger partial charge < -0.3 is 47.3 Å². The first-order chi connectivity index (χ1) is 19.7. The molecule has 0 aromatic rings. The third-order valence-corrected chi connectivity index (χ3v) is 6.44. The molecule has 1 aliphatic heterocycles. The van der Waals surface area contributed by atoms with Gasteiger partial charge in [0.25, 0.3) is 0 Å². The van der Waals surface area contributed by atoms with E-state index in [0.29, 0.717) is 6.42 Å². The highest BCUT2D eigenvalue weighted by Gasteiger charge is 2.39. The molecule has 1 saturated heterocycles. The molecule has 236 valence electrons. The molecule has 0 bridgehead atoms. The van der Waals surface area contributed by atoms with Crippen LogP contribution in [0.2, 0.25) is 0 Å². The van der Waals surface area contributed by atoms with Gasteiger partial charge >= 0.3 is 11.9 Å². The summed E-state index contributed by atoms with van der Waals surface area (Å²) in [5, 5.41) is 26.3. The minimum Gasteiger partial charge on any atom is -0.481 e. The summed E-state index contributed by atoms with van der Waals surface area (Å²) in [5.41, 5.74) is 21.6. The second-order valence-corrected chi connectivity index (χ2v) is 9.96. The van der Waals surface area contributed by atoms with Gasteiger partial charge in [-0.2, -0.15) is 0 Å². The van der Waals surface area contributed by atoms with Crippen LogP contribution < -0.4 is 43.9 Å². The third-order valence-electron chi connectivity index (χ3n) is 6.44. The van der Waals surface area contributed by atoms with E-state index < -0.39 is 78.2 Å². The number of aliphatic carboxylic acids is 1. The number of aldehydes is 1. The molecule has 5 amide bonds. The van der Waals surface area contributed by atoms with E-state index in [9.17, 15) is 38.7 Å². The van der Waals surface area contributed by atoms with Crippen LogP contribution in [0.1, 0.15) is 51.9 Å². The van der Waals surface area contributed by atoms with Gasteiger partial charge in [0.05, 0.1) is 31.2 Å². The number of primary amides is 1. The number of rotatable bonds is 18. The maximum atomic E-state index is 13.6. The molecule has 1 heterocycles. The maximum Gasteiger partial charge on any atom is 0.338 e. The molecule has 0 aliphatic carbocycles.